The second kappa shape index (κ2) is 8.01. The molecule has 1 aliphatic rings. The summed E-state index contributed by atoms with van der Waals surface area (Å²) in [5.41, 5.74) is 1.93. The molecule has 2 aromatic rings. The zero-order valence-electron chi connectivity index (χ0n) is 14.0. The van der Waals surface area contributed by atoms with Crippen LogP contribution < -0.4 is 4.90 Å². The molecular weight excluding hydrogens is 354 g/mol. The highest BCUT2D eigenvalue weighted by Gasteiger charge is 2.20. The Kier molecular flexibility index (Phi) is 5.53. The fourth-order valence-electron chi connectivity index (χ4n) is 2.82. The molecule has 1 aliphatic heterocycles. The molecule has 3 rings (SSSR count). The minimum atomic E-state index is -0.409. The average molecular weight is 372 g/mol. The number of nitrogens with zero attached hydrogens (tertiary/aromatic N) is 3. The largest absolute Gasteiger partial charge is 0.368 e. The lowest BCUT2D eigenvalue weighted by molar-refractivity contribution is -0.384. The van der Waals surface area contributed by atoms with E-state index in [0.717, 1.165) is 11.3 Å². The first-order valence-corrected chi connectivity index (χ1v) is 8.63. The number of nitro benzene ring substituents is 1. The third-order valence-corrected chi connectivity index (χ3v) is 4.56. The third-order valence-electron chi connectivity index (χ3n) is 4.31. The van der Waals surface area contributed by atoms with Crippen LogP contribution >= 0.6 is 11.6 Å². The number of hydrogen-bond donors (Lipinski definition) is 0. The molecule has 26 heavy (non-hydrogen) atoms. The third kappa shape index (κ3) is 4.40. The van der Waals surface area contributed by atoms with E-state index in [9.17, 15) is 14.9 Å². The molecule has 0 atom stereocenters. The van der Waals surface area contributed by atoms with Gasteiger partial charge in [-0.1, -0.05) is 23.7 Å². The van der Waals surface area contributed by atoms with E-state index in [1.54, 1.807) is 41.3 Å². The van der Waals surface area contributed by atoms with Crippen molar-refractivity contribution in [1.82, 2.24) is 4.90 Å². The summed E-state index contributed by atoms with van der Waals surface area (Å²) in [6.45, 7) is 2.61. The average Bonchev–Trinajstić information content (AvgIpc) is 2.67. The molecule has 1 saturated heterocycles. The summed E-state index contributed by atoms with van der Waals surface area (Å²) < 4.78 is 0. The topological polar surface area (TPSA) is 66.7 Å². The van der Waals surface area contributed by atoms with Crippen molar-refractivity contribution in [3.63, 3.8) is 0 Å². The standard InChI is InChI=1S/C19H18ClN3O3/c20-16-4-1-15(2-5-16)3-10-19(24)22-13-11-21(12-14-22)17-6-8-18(9-7-17)23(25)26/h1-10H,11-14H2/b10-3+. The first-order chi connectivity index (χ1) is 12.5. The minimum Gasteiger partial charge on any atom is -0.368 e. The van der Waals surface area contributed by atoms with Gasteiger partial charge < -0.3 is 9.80 Å². The second-order valence-corrected chi connectivity index (χ2v) is 6.41. The number of anilines is 1. The number of amides is 1. The Morgan fingerprint density at radius 2 is 1.62 bits per heavy atom. The van der Waals surface area contributed by atoms with Gasteiger partial charge in [-0.25, -0.2) is 0 Å². The summed E-state index contributed by atoms with van der Waals surface area (Å²) >= 11 is 5.85. The number of piperazine rings is 1. The predicted molar refractivity (Wildman–Crippen MR) is 102 cm³/mol. The number of halogens is 1. The Labute approximate surface area is 156 Å². The SMILES string of the molecule is O=C(/C=C/c1ccc(Cl)cc1)N1CCN(c2ccc([N+](=O)[O-])cc2)CC1. The molecular formula is C19H18ClN3O3. The van der Waals surface area contributed by atoms with Crippen LogP contribution in [-0.4, -0.2) is 41.9 Å². The predicted octanol–water partition coefficient (Wildman–Crippen LogP) is 3.61. The number of hydrogen-bond acceptors (Lipinski definition) is 4. The molecule has 0 bridgehead atoms. The van der Waals surface area contributed by atoms with Crippen molar-refractivity contribution >= 4 is 35.0 Å². The molecule has 0 aromatic heterocycles. The van der Waals surface area contributed by atoms with Crippen LogP contribution in [-0.2, 0) is 4.79 Å². The fourth-order valence-corrected chi connectivity index (χ4v) is 2.94. The van der Waals surface area contributed by atoms with Crippen LogP contribution in [0, 0.1) is 10.1 Å². The molecule has 6 nitrogen and oxygen atoms in total. The van der Waals surface area contributed by atoms with Crippen molar-refractivity contribution in [1.29, 1.82) is 0 Å². The fraction of sp³-hybridized carbons (Fsp3) is 0.211. The Morgan fingerprint density at radius 3 is 2.19 bits per heavy atom. The van der Waals surface area contributed by atoms with Gasteiger partial charge in [0, 0.05) is 55.1 Å². The van der Waals surface area contributed by atoms with Crippen molar-refractivity contribution in [2.24, 2.45) is 0 Å². The maximum absolute atomic E-state index is 12.3. The Balaban J connectivity index is 1.55. The maximum Gasteiger partial charge on any atom is 0.269 e. The molecule has 1 fully saturated rings. The second-order valence-electron chi connectivity index (χ2n) is 5.97. The number of benzene rings is 2. The van der Waals surface area contributed by atoms with Crippen molar-refractivity contribution in [3.05, 3.63) is 75.3 Å². The Morgan fingerprint density at radius 1 is 1.00 bits per heavy atom. The van der Waals surface area contributed by atoms with Gasteiger partial charge in [0.25, 0.3) is 5.69 Å². The zero-order chi connectivity index (χ0) is 18.5. The minimum absolute atomic E-state index is 0.0247. The Bertz CT molecular complexity index is 811. The molecule has 0 spiro atoms. The number of non-ortho nitro benzene ring substituents is 1. The lowest BCUT2D eigenvalue weighted by Crippen LogP contribution is -2.48. The van der Waals surface area contributed by atoms with E-state index in [1.165, 1.54) is 12.1 Å². The van der Waals surface area contributed by atoms with Crippen molar-refractivity contribution in [2.45, 2.75) is 0 Å². The molecule has 1 heterocycles. The number of rotatable bonds is 4. The Hall–Kier alpha value is -2.86. The maximum atomic E-state index is 12.3. The van der Waals surface area contributed by atoms with E-state index < -0.39 is 4.92 Å². The van der Waals surface area contributed by atoms with Gasteiger partial charge in [-0.05, 0) is 35.9 Å². The smallest absolute Gasteiger partial charge is 0.269 e. The van der Waals surface area contributed by atoms with Gasteiger partial charge in [0.2, 0.25) is 5.91 Å². The van der Waals surface area contributed by atoms with E-state index in [2.05, 4.69) is 4.90 Å². The van der Waals surface area contributed by atoms with E-state index in [0.29, 0.717) is 31.2 Å². The summed E-state index contributed by atoms with van der Waals surface area (Å²) in [6, 6.07) is 13.8. The quantitative estimate of drug-likeness (QED) is 0.468. The van der Waals surface area contributed by atoms with Gasteiger partial charge in [-0.2, -0.15) is 0 Å². The summed E-state index contributed by atoms with van der Waals surface area (Å²) in [6.07, 6.45) is 3.35. The summed E-state index contributed by atoms with van der Waals surface area (Å²) in [5.74, 6) is -0.0247. The number of carbonyl (C=O) groups excluding carboxylic acids is 1. The van der Waals surface area contributed by atoms with Gasteiger partial charge in [0.1, 0.15) is 0 Å². The van der Waals surface area contributed by atoms with Gasteiger partial charge in [0.05, 0.1) is 4.92 Å². The molecule has 0 unspecified atom stereocenters. The molecule has 0 aliphatic carbocycles. The monoisotopic (exact) mass is 371 g/mol. The normalized spacial score (nSPS) is 14.7. The van der Waals surface area contributed by atoms with Crippen LogP contribution in [0.1, 0.15) is 5.56 Å². The van der Waals surface area contributed by atoms with Gasteiger partial charge in [0.15, 0.2) is 0 Å². The van der Waals surface area contributed by atoms with Crippen molar-refractivity contribution in [3.8, 4) is 0 Å². The molecule has 0 N–H and O–H groups in total. The van der Waals surface area contributed by atoms with Crippen LogP contribution in [0.2, 0.25) is 5.02 Å². The molecule has 1 amide bonds. The highest BCUT2D eigenvalue weighted by molar-refractivity contribution is 6.30. The van der Waals surface area contributed by atoms with Crippen LogP contribution in [0.5, 0.6) is 0 Å². The molecule has 0 saturated carbocycles. The first-order valence-electron chi connectivity index (χ1n) is 8.25. The summed E-state index contributed by atoms with van der Waals surface area (Å²) in [4.78, 5) is 26.6. The van der Waals surface area contributed by atoms with E-state index in [1.807, 2.05) is 12.1 Å². The molecule has 134 valence electrons. The van der Waals surface area contributed by atoms with E-state index >= 15 is 0 Å². The van der Waals surface area contributed by atoms with Crippen LogP contribution in [0.3, 0.4) is 0 Å². The van der Waals surface area contributed by atoms with Crippen molar-refractivity contribution in [2.75, 3.05) is 31.1 Å². The van der Waals surface area contributed by atoms with Crippen LogP contribution in [0.4, 0.5) is 11.4 Å². The highest BCUT2D eigenvalue weighted by atomic mass is 35.5. The summed E-state index contributed by atoms with van der Waals surface area (Å²) in [7, 11) is 0. The highest BCUT2D eigenvalue weighted by Crippen LogP contribution is 2.20. The van der Waals surface area contributed by atoms with E-state index in [-0.39, 0.29) is 11.6 Å². The van der Waals surface area contributed by atoms with E-state index in [4.69, 9.17) is 11.6 Å². The lowest BCUT2D eigenvalue weighted by Gasteiger charge is -2.35. The summed E-state index contributed by atoms with van der Waals surface area (Å²) in [5, 5.41) is 11.4. The van der Waals surface area contributed by atoms with Crippen molar-refractivity contribution < 1.29 is 9.72 Å². The number of nitro groups is 1. The van der Waals surface area contributed by atoms with Gasteiger partial charge in [-0.3, -0.25) is 14.9 Å². The number of carbonyl (C=O) groups is 1. The van der Waals surface area contributed by atoms with Gasteiger partial charge >= 0.3 is 0 Å². The lowest BCUT2D eigenvalue weighted by atomic mass is 10.2. The first kappa shape index (κ1) is 17.9. The molecule has 7 heteroatoms. The van der Waals surface area contributed by atoms with Gasteiger partial charge in [-0.15, -0.1) is 0 Å². The zero-order valence-corrected chi connectivity index (χ0v) is 14.8. The van der Waals surface area contributed by atoms with Crippen LogP contribution in [0.15, 0.2) is 54.6 Å². The molecule has 0 radical (unpaired) electrons. The van der Waals surface area contributed by atoms with Crippen LogP contribution in [0.25, 0.3) is 6.08 Å². The molecule has 2 aromatic carbocycles.